The van der Waals surface area contributed by atoms with E-state index in [0.717, 1.165) is 5.56 Å². The van der Waals surface area contributed by atoms with Crippen LogP contribution in [0.5, 0.6) is 5.75 Å². The number of phenolic OH excluding ortho intramolecular Hbond substituents is 1. The van der Waals surface area contributed by atoms with Crippen molar-refractivity contribution in [1.82, 2.24) is 0 Å². The Labute approximate surface area is 77.9 Å². The van der Waals surface area contributed by atoms with Crippen molar-refractivity contribution < 1.29 is 9.32 Å². The van der Waals surface area contributed by atoms with Crippen LogP contribution in [-0.4, -0.2) is 14.4 Å². The molecule has 0 bridgehead atoms. The zero-order chi connectivity index (χ0) is 9.26. The summed E-state index contributed by atoms with van der Waals surface area (Å²) in [4.78, 5) is 3.97. The van der Waals surface area contributed by atoms with Gasteiger partial charge in [-0.05, 0) is 24.3 Å². The van der Waals surface area contributed by atoms with Gasteiger partial charge in [-0.15, -0.1) is 0 Å². The van der Waals surface area contributed by atoms with Gasteiger partial charge in [0.15, 0.2) is 0 Å². The first-order chi connectivity index (χ1) is 6.27. The van der Waals surface area contributed by atoms with Crippen LogP contribution in [0.2, 0.25) is 0 Å². The van der Waals surface area contributed by atoms with Crippen molar-refractivity contribution >= 4 is 15.8 Å². The lowest BCUT2D eigenvalue weighted by Gasteiger charge is -1.98. The van der Waals surface area contributed by atoms with Gasteiger partial charge >= 0.3 is 0 Å². The lowest BCUT2D eigenvalue weighted by Crippen LogP contribution is -2.02. The number of benzene rings is 1. The summed E-state index contributed by atoms with van der Waals surface area (Å²) in [6.45, 7) is 0. The number of nitrogens with zero attached hydrogens (tertiary/aromatic N) is 1. The fourth-order valence-corrected chi connectivity index (χ4v) is 1.90. The van der Waals surface area contributed by atoms with Crippen molar-refractivity contribution in [1.29, 1.82) is 0 Å². The second-order valence-corrected chi connectivity index (χ2v) is 3.82. The highest BCUT2D eigenvalue weighted by molar-refractivity contribution is 8.04. The molecule has 0 aliphatic carbocycles. The van der Waals surface area contributed by atoms with E-state index in [1.807, 2.05) is 0 Å². The molecule has 1 N–H and O–H groups in total. The summed E-state index contributed by atoms with van der Waals surface area (Å²) >= 11 is 0. The molecule has 1 aliphatic rings. The van der Waals surface area contributed by atoms with Crippen molar-refractivity contribution in [2.45, 2.75) is 0 Å². The van der Waals surface area contributed by atoms with E-state index in [0.29, 0.717) is 5.04 Å². The van der Waals surface area contributed by atoms with Crippen LogP contribution in [0.15, 0.2) is 40.9 Å². The summed E-state index contributed by atoms with van der Waals surface area (Å²) in [6.07, 6.45) is 1.53. The molecule has 1 heterocycles. The molecular formula is C9H7NO2S. The van der Waals surface area contributed by atoms with Gasteiger partial charge in [0.2, 0.25) is 0 Å². The van der Waals surface area contributed by atoms with Gasteiger partial charge in [0.1, 0.15) is 10.8 Å². The van der Waals surface area contributed by atoms with E-state index < -0.39 is 10.8 Å². The van der Waals surface area contributed by atoms with Crippen LogP contribution in [0.1, 0.15) is 5.56 Å². The highest BCUT2D eigenvalue weighted by Crippen LogP contribution is 2.15. The van der Waals surface area contributed by atoms with E-state index in [2.05, 4.69) is 4.99 Å². The minimum Gasteiger partial charge on any atom is -0.508 e. The Kier molecular flexibility index (Phi) is 1.98. The maximum Gasteiger partial charge on any atom is 0.138 e. The molecule has 2 rings (SSSR count). The van der Waals surface area contributed by atoms with Gasteiger partial charge in [-0.2, -0.15) is 0 Å². The summed E-state index contributed by atoms with van der Waals surface area (Å²) in [7, 11) is -1.13. The topological polar surface area (TPSA) is 49.7 Å². The predicted molar refractivity (Wildman–Crippen MR) is 51.9 cm³/mol. The second kappa shape index (κ2) is 3.14. The van der Waals surface area contributed by atoms with Crippen molar-refractivity contribution in [2.75, 3.05) is 0 Å². The third-order valence-electron chi connectivity index (χ3n) is 1.68. The van der Waals surface area contributed by atoms with Gasteiger partial charge in [-0.1, -0.05) is 0 Å². The number of phenols is 1. The molecule has 3 nitrogen and oxygen atoms in total. The van der Waals surface area contributed by atoms with Crippen LogP contribution in [0.3, 0.4) is 0 Å². The Morgan fingerprint density at radius 3 is 2.46 bits per heavy atom. The van der Waals surface area contributed by atoms with Crippen molar-refractivity contribution in [3.63, 3.8) is 0 Å². The quantitative estimate of drug-likeness (QED) is 0.732. The first-order valence-electron chi connectivity index (χ1n) is 3.72. The van der Waals surface area contributed by atoms with E-state index in [9.17, 15) is 4.21 Å². The molecule has 1 aliphatic heterocycles. The molecule has 0 aromatic heterocycles. The number of hydrogen-bond donors (Lipinski definition) is 1. The fraction of sp³-hybridized carbons (Fsp3) is 0. The smallest absolute Gasteiger partial charge is 0.138 e. The third kappa shape index (κ3) is 1.53. The molecule has 0 saturated carbocycles. The number of rotatable bonds is 1. The van der Waals surface area contributed by atoms with E-state index in [1.54, 1.807) is 24.3 Å². The maximum absolute atomic E-state index is 11.3. The molecule has 0 spiro atoms. The molecule has 1 aromatic rings. The summed E-state index contributed by atoms with van der Waals surface area (Å²) < 4.78 is 11.3. The SMILES string of the molecule is O=S1C=CN=C1c1ccc(O)cc1. The Bertz CT molecular complexity index is 406. The molecule has 13 heavy (non-hydrogen) atoms. The molecule has 1 aromatic carbocycles. The van der Waals surface area contributed by atoms with Crippen LogP contribution >= 0.6 is 0 Å². The molecule has 0 amide bonds. The predicted octanol–water partition coefficient (Wildman–Crippen LogP) is 1.37. The largest absolute Gasteiger partial charge is 0.508 e. The Balaban J connectivity index is 2.38. The molecule has 1 atom stereocenters. The van der Waals surface area contributed by atoms with Crippen molar-refractivity contribution in [3.8, 4) is 5.75 Å². The zero-order valence-electron chi connectivity index (χ0n) is 6.68. The highest BCUT2D eigenvalue weighted by atomic mass is 32.2. The minimum absolute atomic E-state index is 0.195. The monoisotopic (exact) mass is 193 g/mol. The average Bonchev–Trinajstić information content (AvgIpc) is 2.53. The zero-order valence-corrected chi connectivity index (χ0v) is 7.49. The van der Waals surface area contributed by atoms with Crippen molar-refractivity contribution in [3.05, 3.63) is 41.4 Å². The lowest BCUT2D eigenvalue weighted by molar-refractivity contribution is 0.475. The molecule has 0 radical (unpaired) electrons. The van der Waals surface area contributed by atoms with Gasteiger partial charge < -0.3 is 5.11 Å². The summed E-state index contributed by atoms with van der Waals surface area (Å²) in [6, 6.07) is 6.48. The second-order valence-electron chi connectivity index (χ2n) is 2.56. The van der Waals surface area contributed by atoms with E-state index in [1.165, 1.54) is 11.6 Å². The normalized spacial score (nSPS) is 20.3. The number of aromatic hydroxyl groups is 1. The third-order valence-corrected chi connectivity index (χ3v) is 2.77. The van der Waals surface area contributed by atoms with Gasteiger partial charge in [0.25, 0.3) is 0 Å². The van der Waals surface area contributed by atoms with E-state index >= 15 is 0 Å². The van der Waals surface area contributed by atoms with Gasteiger partial charge in [-0.3, -0.25) is 0 Å². The van der Waals surface area contributed by atoms with Gasteiger partial charge in [0.05, 0.1) is 10.8 Å². The molecule has 1 unspecified atom stereocenters. The molecular weight excluding hydrogens is 186 g/mol. The van der Waals surface area contributed by atoms with E-state index in [-0.39, 0.29) is 5.75 Å². The summed E-state index contributed by atoms with van der Waals surface area (Å²) in [5, 5.41) is 11.1. The Hall–Kier alpha value is -1.42. The lowest BCUT2D eigenvalue weighted by atomic mass is 10.2. The molecule has 66 valence electrons. The average molecular weight is 193 g/mol. The maximum atomic E-state index is 11.3. The highest BCUT2D eigenvalue weighted by Gasteiger charge is 2.12. The molecule has 4 heteroatoms. The van der Waals surface area contributed by atoms with Crippen molar-refractivity contribution in [2.24, 2.45) is 4.99 Å². The van der Waals surface area contributed by atoms with E-state index in [4.69, 9.17) is 5.11 Å². The van der Waals surface area contributed by atoms with Crippen LogP contribution in [0.25, 0.3) is 0 Å². The first kappa shape index (κ1) is 8.19. The van der Waals surface area contributed by atoms with Crippen LogP contribution in [0.4, 0.5) is 0 Å². The molecule has 0 saturated heterocycles. The Morgan fingerprint density at radius 1 is 1.23 bits per heavy atom. The van der Waals surface area contributed by atoms with Gasteiger partial charge in [0, 0.05) is 17.2 Å². The fourth-order valence-electron chi connectivity index (χ4n) is 1.06. The first-order valence-corrected chi connectivity index (χ1v) is 4.93. The van der Waals surface area contributed by atoms with Crippen LogP contribution < -0.4 is 0 Å². The standard InChI is InChI=1S/C9H7NO2S/c11-8-3-1-7(2-4-8)9-10-5-6-13(9)12/h1-6,11H. The Morgan fingerprint density at radius 2 is 1.92 bits per heavy atom. The van der Waals surface area contributed by atoms with Crippen LogP contribution in [0, 0.1) is 0 Å². The minimum atomic E-state index is -1.13. The number of hydrogen-bond acceptors (Lipinski definition) is 3. The summed E-state index contributed by atoms with van der Waals surface area (Å²) in [5.41, 5.74) is 0.779. The summed E-state index contributed by atoms with van der Waals surface area (Å²) in [5.74, 6) is 0.195. The number of aliphatic imine (C=N–C) groups is 1. The molecule has 0 fully saturated rings. The van der Waals surface area contributed by atoms with Crippen LogP contribution in [-0.2, 0) is 10.8 Å². The van der Waals surface area contributed by atoms with Gasteiger partial charge in [-0.25, -0.2) is 9.20 Å².